The highest BCUT2D eigenvalue weighted by atomic mass is 19.4. The van der Waals surface area contributed by atoms with Crippen LogP contribution in [0, 0.1) is 0 Å². The molecule has 1 aromatic rings. The SMILES string of the molecule is CNc1cc(CCN2CCN(C)CC2)cc(C(F)(F)F)c1. The largest absolute Gasteiger partial charge is 0.416 e. The van der Waals surface area contributed by atoms with Crippen molar-refractivity contribution in [2.24, 2.45) is 0 Å². The molecular formula is C15H22F3N3. The summed E-state index contributed by atoms with van der Waals surface area (Å²) in [6.45, 7) is 4.80. The van der Waals surface area contributed by atoms with Crippen molar-refractivity contribution in [3.05, 3.63) is 29.3 Å². The maximum Gasteiger partial charge on any atom is 0.416 e. The van der Waals surface area contributed by atoms with Gasteiger partial charge in [-0.25, -0.2) is 0 Å². The minimum Gasteiger partial charge on any atom is -0.388 e. The predicted octanol–water partition coefficient (Wildman–Crippen LogP) is 2.54. The van der Waals surface area contributed by atoms with Gasteiger partial charge in [-0.1, -0.05) is 0 Å². The van der Waals surface area contributed by atoms with Crippen LogP contribution in [0.25, 0.3) is 0 Å². The highest BCUT2D eigenvalue weighted by molar-refractivity contribution is 5.49. The number of halogens is 3. The highest BCUT2D eigenvalue weighted by Crippen LogP contribution is 2.32. The Morgan fingerprint density at radius 3 is 2.33 bits per heavy atom. The van der Waals surface area contributed by atoms with Gasteiger partial charge >= 0.3 is 6.18 Å². The van der Waals surface area contributed by atoms with E-state index in [0.29, 0.717) is 12.1 Å². The molecule has 0 unspecified atom stereocenters. The lowest BCUT2D eigenvalue weighted by molar-refractivity contribution is -0.137. The van der Waals surface area contributed by atoms with E-state index >= 15 is 0 Å². The van der Waals surface area contributed by atoms with E-state index in [1.165, 1.54) is 6.07 Å². The number of benzene rings is 1. The summed E-state index contributed by atoms with van der Waals surface area (Å²) in [6, 6.07) is 4.21. The van der Waals surface area contributed by atoms with Crippen molar-refractivity contribution in [2.75, 3.05) is 52.1 Å². The molecule has 3 nitrogen and oxygen atoms in total. The van der Waals surface area contributed by atoms with Gasteiger partial charge in [0.2, 0.25) is 0 Å². The maximum absolute atomic E-state index is 12.9. The Morgan fingerprint density at radius 1 is 1.10 bits per heavy atom. The van der Waals surface area contributed by atoms with Crippen LogP contribution >= 0.6 is 0 Å². The second-order valence-electron chi connectivity index (χ2n) is 5.56. The molecule has 1 N–H and O–H groups in total. The third kappa shape index (κ3) is 4.61. The van der Waals surface area contributed by atoms with Gasteiger partial charge in [0, 0.05) is 45.5 Å². The summed E-state index contributed by atoms with van der Waals surface area (Å²) in [5.41, 5.74) is 0.661. The van der Waals surface area contributed by atoms with Crippen molar-refractivity contribution in [2.45, 2.75) is 12.6 Å². The van der Waals surface area contributed by atoms with Crippen LogP contribution in [0.3, 0.4) is 0 Å². The molecule has 0 atom stereocenters. The number of alkyl halides is 3. The summed E-state index contributed by atoms with van der Waals surface area (Å²) in [6.07, 6.45) is -3.65. The lowest BCUT2D eigenvalue weighted by Gasteiger charge is -2.32. The van der Waals surface area contributed by atoms with Crippen LogP contribution in [-0.4, -0.2) is 56.6 Å². The molecule has 0 aliphatic carbocycles. The summed E-state index contributed by atoms with van der Waals surface area (Å²) in [5.74, 6) is 0. The fourth-order valence-corrected chi connectivity index (χ4v) is 2.50. The molecule has 2 rings (SSSR count). The van der Waals surface area contributed by atoms with Crippen molar-refractivity contribution in [3.8, 4) is 0 Å². The van der Waals surface area contributed by atoms with Gasteiger partial charge in [-0.05, 0) is 37.2 Å². The molecule has 0 amide bonds. The van der Waals surface area contributed by atoms with Gasteiger partial charge in [0.1, 0.15) is 0 Å². The maximum atomic E-state index is 12.9. The summed E-state index contributed by atoms with van der Waals surface area (Å²) in [7, 11) is 3.73. The van der Waals surface area contributed by atoms with Crippen LogP contribution in [0.15, 0.2) is 18.2 Å². The molecule has 1 aliphatic heterocycles. The van der Waals surface area contributed by atoms with Crippen LogP contribution in [-0.2, 0) is 12.6 Å². The fraction of sp³-hybridized carbons (Fsp3) is 0.600. The predicted molar refractivity (Wildman–Crippen MR) is 78.6 cm³/mol. The van der Waals surface area contributed by atoms with Crippen LogP contribution in [0.2, 0.25) is 0 Å². The third-order valence-corrected chi connectivity index (χ3v) is 3.92. The van der Waals surface area contributed by atoms with Crippen molar-refractivity contribution in [1.29, 1.82) is 0 Å². The second-order valence-corrected chi connectivity index (χ2v) is 5.56. The minimum atomic E-state index is -4.30. The molecule has 1 fully saturated rings. The summed E-state index contributed by atoms with van der Waals surface area (Å²) in [4.78, 5) is 4.57. The van der Waals surface area contributed by atoms with Crippen molar-refractivity contribution in [1.82, 2.24) is 9.80 Å². The van der Waals surface area contributed by atoms with Gasteiger partial charge < -0.3 is 15.1 Å². The van der Waals surface area contributed by atoms with Crippen LogP contribution in [0.1, 0.15) is 11.1 Å². The number of likely N-dealkylation sites (N-methyl/N-ethyl adjacent to an activating group) is 1. The minimum absolute atomic E-state index is 0.512. The quantitative estimate of drug-likeness (QED) is 0.922. The standard InChI is InChI=1S/C15H22F3N3/c1-19-14-10-12(9-13(11-14)15(16,17)18)3-4-21-7-5-20(2)6-8-21/h9-11,19H,3-8H2,1-2H3. The zero-order valence-corrected chi connectivity index (χ0v) is 12.5. The molecule has 0 aromatic heterocycles. The van der Waals surface area contributed by atoms with E-state index < -0.39 is 11.7 Å². The highest BCUT2D eigenvalue weighted by Gasteiger charge is 2.31. The van der Waals surface area contributed by atoms with Gasteiger partial charge in [-0.2, -0.15) is 13.2 Å². The average molecular weight is 301 g/mol. The van der Waals surface area contributed by atoms with E-state index in [1.807, 2.05) is 0 Å². The molecule has 1 aromatic carbocycles. The Morgan fingerprint density at radius 2 is 1.76 bits per heavy atom. The molecule has 1 aliphatic rings. The molecule has 21 heavy (non-hydrogen) atoms. The van der Waals surface area contributed by atoms with Gasteiger partial charge in [0.15, 0.2) is 0 Å². The zero-order valence-electron chi connectivity index (χ0n) is 12.5. The Bertz CT molecular complexity index is 466. The third-order valence-electron chi connectivity index (χ3n) is 3.92. The smallest absolute Gasteiger partial charge is 0.388 e. The van der Waals surface area contributed by atoms with Crippen LogP contribution in [0.5, 0.6) is 0 Å². The molecule has 6 heteroatoms. The summed E-state index contributed by atoms with van der Waals surface area (Å²) >= 11 is 0. The lowest BCUT2D eigenvalue weighted by Crippen LogP contribution is -2.45. The Balaban J connectivity index is 2.02. The molecule has 118 valence electrons. The molecule has 0 bridgehead atoms. The number of piperazine rings is 1. The second kappa shape index (κ2) is 6.66. The van der Waals surface area contributed by atoms with E-state index in [0.717, 1.165) is 44.4 Å². The van der Waals surface area contributed by atoms with Crippen LogP contribution < -0.4 is 5.32 Å². The van der Waals surface area contributed by atoms with Crippen LogP contribution in [0.4, 0.5) is 18.9 Å². The average Bonchev–Trinajstić information content (AvgIpc) is 2.45. The molecule has 0 radical (unpaired) electrons. The van der Waals surface area contributed by atoms with Gasteiger partial charge in [0.25, 0.3) is 0 Å². The monoisotopic (exact) mass is 301 g/mol. The number of hydrogen-bond acceptors (Lipinski definition) is 3. The Labute approximate surface area is 123 Å². The number of hydrogen-bond donors (Lipinski definition) is 1. The van der Waals surface area contributed by atoms with Gasteiger partial charge in [-0.3, -0.25) is 0 Å². The Kier molecular flexibility index (Phi) is 5.11. The molecular weight excluding hydrogens is 279 g/mol. The van der Waals surface area contributed by atoms with E-state index in [1.54, 1.807) is 13.1 Å². The normalized spacial score (nSPS) is 18.0. The number of nitrogens with one attached hydrogen (secondary N) is 1. The first-order chi connectivity index (χ1) is 9.88. The van der Waals surface area contributed by atoms with Crippen molar-refractivity contribution in [3.63, 3.8) is 0 Å². The number of rotatable bonds is 4. The van der Waals surface area contributed by atoms with E-state index in [9.17, 15) is 13.2 Å². The first kappa shape index (κ1) is 16.1. The topological polar surface area (TPSA) is 18.5 Å². The fourth-order valence-electron chi connectivity index (χ4n) is 2.50. The molecule has 0 saturated carbocycles. The first-order valence-corrected chi connectivity index (χ1v) is 7.18. The zero-order chi connectivity index (χ0) is 15.5. The number of anilines is 1. The number of nitrogens with zero attached hydrogens (tertiary/aromatic N) is 2. The van der Waals surface area contributed by atoms with E-state index in [4.69, 9.17) is 0 Å². The summed E-state index contributed by atoms with van der Waals surface area (Å²) < 4.78 is 38.6. The first-order valence-electron chi connectivity index (χ1n) is 7.18. The van der Waals surface area contributed by atoms with Gasteiger partial charge in [-0.15, -0.1) is 0 Å². The van der Waals surface area contributed by atoms with Crippen molar-refractivity contribution >= 4 is 5.69 Å². The lowest BCUT2D eigenvalue weighted by atomic mass is 10.1. The van der Waals surface area contributed by atoms with E-state index in [-0.39, 0.29) is 0 Å². The molecule has 1 saturated heterocycles. The molecule has 1 heterocycles. The van der Waals surface area contributed by atoms with E-state index in [2.05, 4.69) is 22.2 Å². The summed E-state index contributed by atoms with van der Waals surface area (Å²) in [5, 5.41) is 2.80. The van der Waals surface area contributed by atoms with Crippen molar-refractivity contribution < 1.29 is 13.2 Å². The Hall–Kier alpha value is -1.27. The molecule has 0 spiro atoms. The van der Waals surface area contributed by atoms with Gasteiger partial charge in [0.05, 0.1) is 5.56 Å².